The Balaban J connectivity index is 1.65. The summed E-state index contributed by atoms with van der Waals surface area (Å²) >= 11 is 13.6. The fraction of sp³-hybridized carbons (Fsp3) is 0.200. The molecule has 3 heterocycles. The highest BCUT2D eigenvalue weighted by Crippen LogP contribution is 2.36. The maximum atomic E-state index is 13.9. The van der Waals surface area contributed by atoms with Crippen molar-refractivity contribution in [3.63, 3.8) is 0 Å². The summed E-state index contributed by atoms with van der Waals surface area (Å²) in [6.07, 6.45) is 1.61. The Morgan fingerprint density at radius 2 is 1.90 bits per heavy atom. The van der Waals surface area contributed by atoms with Gasteiger partial charge in [0.25, 0.3) is 5.56 Å². The number of hydrogen-bond acceptors (Lipinski definition) is 9. The summed E-state index contributed by atoms with van der Waals surface area (Å²) in [5.74, 6) is 0.237. The molecule has 0 aliphatic carbocycles. The van der Waals surface area contributed by atoms with Crippen LogP contribution in [0.2, 0.25) is 10.0 Å². The monoisotopic (exact) mass is 626 g/mol. The van der Waals surface area contributed by atoms with E-state index in [4.69, 9.17) is 41.8 Å². The Morgan fingerprint density at radius 3 is 2.62 bits per heavy atom. The number of aromatic nitrogens is 1. The van der Waals surface area contributed by atoms with E-state index in [1.54, 1.807) is 68.5 Å². The Kier molecular flexibility index (Phi) is 8.40. The van der Waals surface area contributed by atoms with Crippen LogP contribution in [0.3, 0.4) is 0 Å². The van der Waals surface area contributed by atoms with Gasteiger partial charge in [0, 0.05) is 23.6 Å². The molecule has 0 radical (unpaired) electrons. The van der Waals surface area contributed by atoms with Crippen molar-refractivity contribution < 1.29 is 28.2 Å². The van der Waals surface area contributed by atoms with Crippen molar-refractivity contribution >= 4 is 52.6 Å². The third-order valence-corrected chi connectivity index (χ3v) is 7.92. The lowest BCUT2D eigenvalue weighted by Gasteiger charge is -2.25. The molecule has 0 amide bonds. The predicted octanol–water partition coefficient (Wildman–Crippen LogP) is 5.30. The van der Waals surface area contributed by atoms with Gasteiger partial charge in [0.05, 0.1) is 40.6 Å². The second kappa shape index (κ2) is 12.0. The van der Waals surface area contributed by atoms with Gasteiger partial charge in [-0.05, 0) is 61.9 Å². The van der Waals surface area contributed by atoms with Crippen LogP contribution in [-0.2, 0) is 14.3 Å². The number of furan rings is 1. The minimum absolute atomic E-state index is 0.138. The Hall–Kier alpha value is -4.12. The van der Waals surface area contributed by atoms with Crippen LogP contribution in [0.5, 0.6) is 11.5 Å². The first-order valence-electron chi connectivity index (χ1n) is 12.7. The number of halogens is 2. The summed E-state index contributed by atoms with van der Waals surface area (Å²) in [5, 5.41) is 0.975. The lowest BCUT2D eigenvalue weighted by Crippen LogP contribution is -2.39. The number of esters is 2. The Bertz CT molecular complexity index is 1940. The first kappa shape index (κ1) is 29.4. The van der Waals surface area contributed by atoms with E-state index in [9.17, 15) is 14.4 Å². The van der Waals surface area contributed by atoms with Gasteiger partial charge in [0.1, 0.15) is 11.5 Å². The molecule has 216 valence electrons. The van der Waals surface area contributed by atoms with E-state index in [2.05, 4.69) is 4.99 Å². The van der Waals surface area contributed by atoms with E-state index in [0.717, 1.165) is 11.3 Å². The molecule has 1 aliphatic heterocycles. The van der Waals surface area contributed by atoms with Crippen molar-refractivity contribution in [3.05, 3.63) is 101 Å². The smallest absolute Gasteiger partial charge is 0.338 e. The number of fused-ring (bicyclic) bond motifs is 1. The maximum absolute atomic E-state index is 13.9. The molecule has 0 saturated carbocycles. The predicted molar refractivity (Wildman–Crippen MR) is 159 cm³/mol. The van der Waals surface area contributed by atoms with E-state index < -0.39 is 18.0 Å². The SMILES string of the molecule is CCOC(=O)C1=C(C)N=c2sc(=Cc3ccc(-c4cc(Cl)ccc4Cl)o3)c(=O)n2C1c1ccc(OC(C)=O)c(OC)c1. The fourth-order valence-corrected chi connectivity index (χ4v) is 6.00. The second-order valence-electron chi connectivity index (χ2n) is 9.13. The minimum atomic E-state index is -0.889. The quantitative estimate of drug-likeness (QED) is 0.202. The van der Waals surface area contributed by atoms with Crippen molar-refractivity contribution in [2.24, 2.45) is 4.99 Å². The molecule has 1 aliphatic rings. The van der Waals surface area contributed by atoms with Crippen molar-refractivity contribution in [1.29, 1.82) is 0 Å². The molecule has 1 atom stereocenters. The average molecular weight is 628 g/mol. The molecular formula is C30H24Cl2N2O7S. The molecule has 12 heteroatoms. The van der Waals surface area contributed by atoms with Crippen molar-refractivity contribution in [2.75, 3.05) is 13.7 Å². The van der Waals surface area contributed by atoms with Crippen LogP contribution in [0.4, 0.5) is 0 Å². The molecule has 0 fully saturated rings. The highest BCUT2D eigenvalue weighted by molar-refractivity contribution is 7.07. The summed E-state index contributed by atoms with van der Waals surface area (Å²) in [6.45, 7) is 4.80. The third kappa shape index (κ3) is 5.65. The molecule has 5 rings (SSSR count). The molecule has 0 N–H and O–H groups in total. The molecule has 2 aromatic heterocycles. The van der Waals surface area contributed by atoms with E-state index in [1.165, 1.54) is 18.6 Å². The number of benzene rings is 2. The lowest BCUT2D eigenvalue weighted by molar-refractivity contribution is -0.139. The Labute approximate surface area is 253 Å². The van der Waals surface area contributed by atoms with Gasteiger partial charge in [-0.3, -0.25) is 14.2 Å². The number of thiazole rings is 1. The zero-order chi connectivity index (χ0) is 30.1. The van der Waals surface area contributed by atoms with E-state index in [1.807, 2.05) is 0 Å². The summed E-state index contributed by atoms with van der Waals surface area (Å²) in [4.78, 5) is 43.6. The number of rotatable bonds is 7. The highest BCUT2D eigenvalue weighted by Gasteiger charge is 2.34. The number of carbonyl (C=O) groups excluding carboxylic acids is 2. The zero-order valence-electron chi connectivity index (χ0n) is 22.9. The average Bonchev–Trinajstić information content (AvgIpc) is 3.53. The van der Waals surface area contributed by atoms with E-state index in [0.29, 0.717) is 47.7 Å². The van der Waals surface area contributed by atoms with Crippen LogP contribution < -0.4 is 24.4 Å². The molecule has 42 heavy (non-hydrogen) atoms. The molecule has 0 bridgehead atoms. The number of hydrogen-bond donors (Lipinski definition) is 0. The molecular weight excluding hydrogens is 603 g/mol. The summed E-state index contributed by atoms with van der Waals surface area (Å²) in [5.41, 5.74) is 1.37. The summed E-state index contributed by atoms with van der Waals surface area (Å²) < 4.78 is 23.8. The summed E-state index contributed by atoms with van der Waals surface area (Å²) in [6, 6.07) is 12.5. The largest absolute Gasteiger partial charge is 0.493 e. The van der Waals surface area contributed by atoms with Crippen molar-refractivity contribution in [2.45, 2.75) is 26.8 Å². The van der Waals surface area contributed by atoms with Gasteiger partial charge in [0.15, 0.2) is 16.3 Å². The van der Waals surface area contributed by atoms with Crippen LogP contribution in [0.15, 0.2) is 74.0 Å². The zero-order valence-corrected chi connectivity index (χ0v) is 25.2. The van der Waals surface area contributed by atoms with Gasteiger partial charge < -0.3 is 18.6 Å². The first-order chi connectivity index (χ1) is 20.1. The fourth-order valence-electron chi connectivity index (χ4n) is 4.59. The van der Waals surface area contributed by atoms with Gasteiger partial charge >= 0.3 is 11.9 Å². The molecule has 4 aromatic rings. The van der Waals surface area contributed by atoms with Gasteiger partial charge in [-0.15, -0.1) is 0 Å². The van der Waals surface area contributed by atoms with Gasteiger partial charge in [-0.25, -0.2) is 9.79 Å². The van der Waals surface area contributed by atoms with Gasteiger partial charge in [-0.1, -0.05) is 40.6 Å². The summed E-state index contributed by atoms with van der Waals surface area (Å²) in [7, 11) is 1.43. The molecule has 0 saturated heterocycles. The van der Waals surface area contributed by atoms with Gasteiger partial charge in [0.2, 0.25) is 0 Å². The lowest BCUT2D eigenvalue weighted by atomic mass is 9.95. The number of ether oxygens (including phenoxy) is 3. The number of allylic oxidation sites excluding steroid dienone is 1. The highest BCUT2D eigenvalue weighted by atomic mass is 35.5. The van der Waals surface area contributed by atoms with Crippen molar-refractivity contribution in [1.82, 2.24) is 4.57 Å². The van der Waals surface area contributed by atoms with Crippen LogP contribution >= 0.6 is 34.5 Å². The van der Waals surface area contributed by atoms with Crippen LogP contribution in [0.25, 0.3) is 17.4 Å². The first-order valence-corrected chi connectivity index (χ1v) is 14.3. The molecule has 9 nitrogen and oxygen atoms in total. The van der Waals surface area contributed by atoms with Crippen LogP contribution in [0.1, 0.15) is 38.1 Å². The molecule has 2 aromatic carbocycles. The second-order valence-corrected chi connectivity index (χ2v) is 11.0. The standard InChI is InChI=1S/C30H24Cl2N2O7S/c1-5-39-29(37)26-15(2)33-30-34(27(26)17-6-10-23(40-16(3)35)24(12-17)38-4)28(36)25(42-30)14-19-8-11-22(41-19)20-13-18(31)7-9-21(20)32/h6-14,27H,5H2,1-4H3. The topological polar surface area (TPSA) is 109 Å². The van der Waals surface area contributed by atoms with Crippen LogP contribution in [0, 0.1) is 0 Å². The van der Waals surface area contributed by atoms with Crippen molar-refractivity contribution in [3.8, 4) is 22.8 Å². The number of nitrogens with zero attached hydrogens (tertiary/aromatic N) is 2. The normalized spacial score (nSPS) is 14.8. The van der Waals surface area contributed by atoms with E-state index >= 15 is 0 Å². The number of methoxy groups -OCH3 is 1. The Morgan fingerprint density at radius 1 is 1.12 bits per heavy atom. The van der Waals surface area contributed by atoms with E-state index in [-0.39, 0.29) is 29.2 Å². The molecule has 1 unspecified atom stereocenters. The van der Waals surface area contributed by atoms with Gasteiger partial charge in [-0.2, -0.15) is 0 Å². The number of carbonyl (C=O) groups is 2. The third-order valence-electron chi connectivity index (χ3n) is 6.37. The maximum Gasteiger partial charge on any atom is 0.338 e. The molecule has 0 spiro atoms. The minimum Gasteiger partial charge on any atom is -0.493 e. The van der Waals surface area contributed by atoms with Crippen LogP contribution in [-0.4, -0.2) is 30.2 Å².